The highest BCUT2D eigenvalue weighted by molar-refractivity contribution is 6.11. The second kappa shape index (κ2) is 6.23. The van der Waals surface area contributed by atoms with Gasteiger partial charge in [0.05, 0.1) is 0 Å². The fraction of sp³-hybridized carbons (Fsp3) is 0.0800. The van der Waals surface area contributed by atoms with E-state index in [-0.39, 0.29) is 5.91 Å². The van der Waals surface area contributed by atoms with Gasteiger partial charge in [0.15, 0.2) is 6.23 Å². The number of hydrogen-bond donors (Lipinski definition) is 1. The van der Waals surface area contributed by atoms with E-state index in [0.29, 0.717) is 5.56 Å². The van der Waals surface area contributed by atoms with Gasteiger partial charge in [0, 0.05) is 34.7 Å². The Morgan fingerprint density at radius 2 is 1.50 bits per heavy atom. The van der Waals surface area contributed by atoms with Gasteiger partial charge in [-0.05, 0) is 34.4 Å². The number of amides is 1. The molecular formula is C25H17NO2. The molecule has 134 valence electrons. The van der Waals surface area contributed by atoms with Crippen molar-refractivity contribution in [3.05, 3.63) is 95.1 Å². The molecule has 1 heterocycles. The molecule has 4 aromatic rings. The Morgan fingerprint density at radius 1 is 0.821 bits per heavy atom. The topological polar surface area (TPSA) is 40.5 Å². The fourth-order valence-corrected chi connectivity index (χ4v) is 3.92. The largest absolute Gasteiger partial charge is 0.369 e. The quantitative estimate of drug-likeness (QED) is 0.468. The van der Waals surface area contributed by atoms with Crippen LogP contribution in [0.1, 0.15) is 33.3 Å². The zero-order valence-corrected chi connectivity index (χ0v) is 15.3. The lowest BCUT2D eigenvalue weighted by molar-refractivity contribution is 0.0174. The van der Waals surface area contributed by atoms with Crippen LogP contribution in [0, 0.1) is 11.8 Å². The van der Waals surface area contributed by atoms with E-state index >= 15 is 0 Å². The number of nitrogens with zero attached hydrogens (tertiary/aromatic N) is 1. The molecule has 1 unspecified atom stereocenters. The van der Waals surface area contributed by atoms with Crippen molar-refractivity contribution < 1.29 is 9.90 Å². The summed E-state index contributed by atoms with van der Waals surface area (Å²) in [6, 6.07) is 23.7. The Labute approximate surface area is 162 Å². The third kappa shape index (κ3) is 2.40. The molecular weight excluding hydrogens is 346 g/mol. The van der Waals surface area contributed by atoms with Crippen LogP contribution in [0.2, 0.25) is 0 Å². The fourth-order valence-electron chi connectivity index (χ4n) is 3.92. The van der Waals surface area contributed by atoms with Crippen LogP contribution >= 0.6 is 0 Å². The molecule has 0 radical (unpaired) electrons. The Hall–Kier alpha value is -3.61. The predicted molar refractivity (Wildman–Crippen MR) is 111 cm³/mol. The van der Waals surface area contributed by atoms with Crippen LogP contribution in [0.25, 0.3) is 21.5 Å². The van der Waals surface area contributed by atoms with E-state index < -0.39 is 6.23 Å². The molecule has 1 aliphatic heterocycles. The lowest BCUT2D eigenvalue weighted by atomic mass is 9.91. The van der Waals surface area contributed by atoms with Gasteiger partial charge in [-0.3, -0.25) is 4.79 Å². The molecule has 0 bridgehead atoms. The van der Waals surface area contributed by atoms with Gasteiger partial charge < -0.3 is 10.0 Å². The van der Waals surface area contributed by atoms with Crippen LogP contribution in [0.5, 0.6) is 0 Å². The van der Waals surface area contributed by atoms with E-state index in [0.717, 1.165) is 38.2 Å². The van der Waals surface area contributed by atoms with Crippen molar-refractivity contribution in [2.24, 2.45) is 0 Å². The van der Waals surface area contributed by atoms with Gasteiger partial charge in [-0.15, -0.1) is 0 Å². The summed E-state index contributed by atoms with van der Waals surface area (Å²) in [5, 5.41) is 14.5. The van der Waals surface area contributed by atoms with Crippen LogP contribution in [-0.4, -0.2) is 23.0 Å². The lowest BCUT2D eigenvalue weighted by Gasteiger charge is -2.30. The second-order valence-corrected chi connectivity index (χ2v) is 7.00. The van der Waals surface area contributed by atoms with Gasteiger partial charge in [0.1, 0.15) is 0 Å². The molecule has 0 fully saturated rings. The van der Waals surface area contributed by atoms with Crippen molar-refractivity contribution in [1.82, 2.24) is 4.90 Å². The molecule has 1 aliphatic rings. The SMILES string of the molecule is CN1C(=O)c2ccc(C#Cc3cccc4ccccc34)c3cccc(c23)C1O. The van der Waals surface area contributed by atoms with Gasteiger partial charge >= 0.3 is 0 Å². The Balaban J connectivity index is 1.71. The number of fused-ring (bicyclic) bond motifs is 1. The number of aliphatic hydroxyl groups excluding tert-OH is 1. The highest BCUT2D eigenvalue weighted by Crippen LogP contribution is 2.36. The van der Waals surface area contributed by atoms with E-state index in [9.17, 15) is 9.90 Å². The smallest absolute Gasteiger partial charge is 0.256 e. The zero-order chi connectivity index (χ0) is 19.3. The summed E-state index contributed by atoms with van der Waals surface area (Å²) >= 11 is 0. The molecule has 5 rings (SSSR count). The first-order valence-electron chi connectivity index (χ1n) is 9.16. The molecule has 1 atom stereocenters. The van der Waals surface area contributed by atoms with Crippen molar-refractivity contribution in [2.45, 2.75) is 6.23 Å². The number of rotatable bonds is 0. The maximum atomic E-state index is 12.6. The minimum atomic E-state index is -0.940. The number of carbonyl (C=O) groups is 1. The van der Waals surface area contributed by atoms with Crippen molar-refractivity contribution in [1.29, 1.82) is 0 Å². The van der Waals surface area contributed by atoms with Gasteiger partial charge in [-0.25, -0.2) is 0 Å². The van der Waals surface area contributed by atoms with E-state index in [1.165, 1.54) is 4.90 Å². The summed E-state index contributed by atoms with van der Waals surface area (Å²) in [7, 11) is 1.61. The predicted octanol–water partition coefficient (Wildman–Crippen LogP) is 4.47. The first-order chi connectivity index (χ1) is 13.6. The molecule has 0 saturated carbocycles. The third-order valence-corrected chi connectivity index (χ3v) is 5.39. The van der Waals surface area contributed by atoms with Gasteiger partial charge in [0.2, 0.25) is 0 Å². The normalized spacial score (nSPS) is 15.6. The van der Waals surface area contributed by atoms with Crippen LogP contribution < -0.4 is 0 Å². The van der Waals surface area contributed by atoms with Crippen molar-refractivity contribution in [3.8, 4) is 11.8 Å². The number of carbonyl (C=O) groups excluding carboxylic acids is 1. The van der Waals surface area contributed by atoms with Crippen LogP contribution in [-0.2, 0) is 0 Å². The Morgan fingerprint density at radius 3 is 2.36 bits per heavy atom. The van der Waals surface area contributed by atoms with E-state index in [2.05, 4.69) is 30.0 Å². The number of benzene rings is 4. The zero-order valence-electron chi connectivity index (χ0n) is 15.3. The van der Waals surface area contributed by atoms with Crippen LogP contribution in [0.3, 0.4) is 0 Å². The second-order valence-electron chi connectivity index (χ2n) is 7.00. The third-order valence-electron chi connectivity index (χ3n) is 5.39. The van der Waals surface area contributed by atoms with E-state index in [4.69, 9.17) is 0 Å². The maximum Gasteiger partial charge on any atom is 0.256 e. The molecule has 0 aliphatic carbocycles. The Kier molecular flexibility index (Phi) is 3.68. The molecule has 3 heteroatoms. The molecule has 4 aromatic carbocycles. The summed E-state index contributed by atoms with van der Waals surface area (Å²) in [4.78, 5) is 13.9. The number of aliphatic hydroxyl groups is 1. The first kappa shape index (κ1) is 16.6. The van der Waals surface area contributed by atoms with Crippen LogP contribution in [0.4, 0.5) is 0 Å². The molecule has 3 nitrogen and oxygen atoms in total. The van der Waals surface area contributed by atoms with E-state index in [1.807, 2.05) is 54.6 Å². The minimum Gasteiger partial charge on any atom is -0.369 e. The van der Waals surface area contributed by atoms with Crippen molar-refractivity contribution >= 4 is 27.5 Å². The minimum absolute atomic E-state index is 0.176. The average Bonchev–Trinajstić information content (AvgIpc) is 2.74. The number of hydrogen-bond acceptors (Lipinski definition) is 2. The summed E-state index contributed by atoms with van der Waals surface area (Å²) in [6.45, 7) is 0. The summed E-state index contributed by atoms with van der Waals surface area (Å²) in [6.07, 6.45) is -0.940. The lowest BCUT2D eigenvalue weighted by Crippen LogP contribution is -2.34. The molecule has 1 amide bonds. The summed E-state index contributed by atoms with van der Waals surface area (Å²) in [5.41, 5.74) is 3.16. The molecule has 1 N–H and O–H groups in total. The van der Waals surface area contributed by atoms with E-state index in [1.54, 1.807) is 7.05 Å². The highest BCUT2D eigenvalue weighted by atomic mass is 16.3. The standard InChI is InChI=1S/C25H17NO2/c1-26-24(27)21-11-5-10-20-18(14-15-22(23(20)21)25(26)28)13-12-17-8-4-7-16-6-2-3-9-19(16)17/h2-11,14-15,24,27H,1H3. The van der Waals surface area contributed by atoms with Crippen molar-refractivity contribution in [2.75, 3.05) is 7.05 Å². The molecule has 0 spiro atoms. The summed E-state index contributed by atoms with van der Waals surface area (Å²) in [5.74, 6) is 6.40. The first-order valence-corrected chi connectivity index (χ1v) is 9.16. The maximum absolute atomic E-state index is 12.6. The van der Waals surface area contributed by atoms with Crippen LogP contribution in [0.15, 0.2) is 72.8 Å². The monoisotopic (exact) mass is 363 g/mol. The summed E-state index contributed by atoms with van der Waals surface area (Å²) < 4.78 is 0. The van der Waals surface area contributed by atoms with Gasteiger partial charge in [-0.2, -0.15) is 0 Å². The average molecular weight is 363 g/mol. The van der Waals surface area contributed by atoms with Gasteiger partial charge in [0.25, 0.3) is 5.91 Å². The Bertz CT molecular complexity index is 1320. The molecule has 28 heavy (non-hydrogen) atoms. The molecule has 0 saturated heterocycles. The van der Waals surface area contributed by atoms with Crippen molar-refractivity contribution in [3.63, 3.8) is 0 Å². The highest BCUT2D eigenvalue weighted by Gasteiger charge is 2.30. The van der Waals surface area contributed by atoms with Gasteiger partial charge in [-0.1, -0.05) is 66.4 Å². The molecule has 0 aromatic heterocycles.